The van der Waals surface area contributed by atoms with Crippen molar-refractivity contribution in [1.82, 2.24) is 0 Å². The van der Waals surface area contributed by atoms with Crippen LogP contribution < -0.4 is 4.90 Å². The summed E-state index contributed by atoms with van der Waals surface area (Å²) in [4.78, 5) is 2.49. The quantitative estimate of drug-likeness (QED) is 0.219. The third kappa shape index (κ3) is 3.91. The number of hydrogen-bond acceptors (Lipinski definition) is 1. The van der Waals surface area contributed by atoms with Crippen LogP contribution in [0, 0.1) is 20.8 Å². The van der Waals surface area contributed by atoms with E-state index in [9.17, 15) is 0 Å². The van der Waals surface area contributed by atoms with Crippen LogP contribution in [0.25, 0.3) is 33.0 Å². The highest BCUT2D eigenvalue weighted by Gasteiger charge is 2.38. The molecule has 6 aromatic rings. The number of anilines is 3. The molecule has 200 valence electrons. The molecule has 0 unspecified atom stereocenters. The molecule has 41 heavy (non-hydrogen) atoms. The zero-order valence-electron chi connectivity index (χ0n) is 24.5. The molecule has 0 spiro atoms. The monoisotopic (exact) mass is 529 g/mol. The Hall–Kier alpha value is -4.62. The summed E-state index contributed by atoms with van der Waals surface area (Å²) < 4.78 is 0. The third-order valence-electron chi connectivity index (χ3n) is 8.98. The van der Waals surface area contributed by atoms with Gasteiger partial charge in [0.1, 0.15) is 0 Å². The van der Waals surface area contributed by atoms with Gasteiger partial charge in [0.05, 0.1) is 11.4 Å². The van der Waals surface area contributed by atoms with E-state index in [2.05, 4.69) is 161 Å². The molecule has 0 N–H and O–H groups in total. The number of nitrogens with zero attached hydrogens (tertiary/aromatic N) is 1. The Kier molecular flexibility index (Phi) is 5.87. The molecule has 6 aromatic carbocycles. The molecule has 0 aromatic heterocycles. The molecule has 0 amide bonds. The second-order valence-electron chi connectivity index (χ2n) is 12.0. The van der Waals surface area contributed by atoms with Crippen molar-refractivity contribution < 1.29 is 0 Å². The molecule has 0 atom stereocenters. The smallest absolute Gasteiger partial charge is 0.0543 e. The standard InChI is InChI=1S/C40H35N/c1-26-22-23-33-34(24-26)40(4,5)35-25-37(31-19-11-12-20-32(31)39(33)35)41(29-16-7-6-8-17-29)36-21-13-15-28(3)38(36)30-18-10-9-14-27(30)2/h6-25H,1-5H3. The molecule has 1 nitrogen and oxygen atoms in total. The van der Waals surface area contributed by atoms with E-state index >= 15 is 0 Å². The van der Waals surface area contributed by atoms with Crippen LogP contribution in [0.1, 0.15) is 41.7 Å². The maximum atomic E-state index is 2.49. The predicted molar refractivity (Wildman–Crippen MR) is 176 cm³/mol. The summed E-state index contributed by atoms with van der Waals surface area (Å²) in [6.07, 6.45) is 0. The van der Waals surface area contributed by atoms with Crippen molar-refractivity contribution in [3.8, 4) is 22.3 Å². The predicted octanol–water partition coefficient (Wildman–Crippen LogP) is 11.2. The first-order valence-corrected chi connectivity index (χ1v) is 14.5. The Labute approximate surface area is 243 Å². The van der Waals surface area contributed by atoms with Gasteiger partial charge in [-0.05, 0) is 89.4 Å². The van der Waals surface area contributed by atoms with Crippen LogP contribution in [-0.4, -0.2) is 0 Å². The fourth-order valence-corrected chi connectivity index (χ4v) is 6.89. The summed E-state index contributed by atoms with van der Waals surface area (Å²) in [7, 11) is 0. The molecular formula is C40H35N. The van der Waals surface area contributed by atoms with Gasteiger partial charge < -0.3 is 4.90 Å². The summed E-state index contributed by atoms with van der Waals surface area (Å²) in [6, 6.07) is 44.7. The van der Waals surface area contributed by atoms with Crippen molar-refractivity contribution >= 4 is 27.8 Å². The zero-order chi connectivity index (χ0) is 28.3. The van der Waals surface area contributed by atoms with Crippen molar-refractivity contribution in [2.24, 2.45) is 0 Å². The fourth-order valence-electron chi connectivity index (χ4n) is 6.89. The molecule has 0 aliphatic heterocycles. The number of hydrogen-bond donors (Lipinski definition) is 0. The average Bonchev–Trinajstić information content (AvgIpc) is 3.20. The van der Waals surface area contributed by atoms with E-state index in [0.717, 1.165) is 5.69 Å². The molecule has 0 radical (unpaired) electrons. The van der Waals surface area contributed by atoms with Crippen LogP contribution in [0.4, 0.5) is 17.1 Å². The number of para-hydroxylation sites is 1. The van der Waals surface area contributed by atoms with Gasteiger partial charge in [-0.1, -0.05) is 116 Å². The lowest BCUT2D eigenvalue weighted by molar-refractivity contribution is 0.660. The van der Waals surface area contributed by atoms with Gasteiger partial charge in [-0.25, -0.2) is 0 Å². The molecule has 1 aliphatic rings. The van der Waals surface area contributed by atoms with Crippen molar-refractivity contribution in [2.45, 2.75) is 40.0 Å². The van der Waals surface area contributed by atoms with Gasteiger partial charge in [0, 0.05) is 22.1 Å². The molecule has 0 fully saturated rings. The Bertz CT molecular complexity index is 1940. The Morgan fingerprint density at radius 1 is 0.488 bits per heavy atom. The second-order valence-corrected chi connectivity index (χ2v) is 12.0. The Morgan fingerprint density at radius 2 is 1.17 bits per heavy atom. The molecule has 0 saturated heterocycles. The van der Waals surface area contributed by atoms with Gasteiger partial charge in [0.2, 0.25) is 0 Å². The van der Waals surface area contributed by atoms with Gasteiger partial charge in [-0.3, -0.25) is 0 Å². The first-order chi connectivity index (χ1) is 19.9. The zero-order valence-corrected chi connectivity index (χ0v) is 24.5. The lowest BCUT2D eigenvalue weighted by Crippen LogP contribution is -2.17. The molecule has 7 rings (SSSR count). The van der Waals surface area contributed by atoms with Crippen molar-refractivity contribution in [3.05, 3.63) is 149 Å². The highest BCUT2D eigenvalue weighted by atomic mass is 15.1. The maximum absolute atomic E-state index is 2.49. The second kappa shape index (κ2) is 9.49. The summed E-state index contributed by atoms with van der Waals surface area (Å²) in [5.74, 6) is 0. The summed E-state index contributed by atoms with van der Waals surface area (Å²) in [5.41, 5.74) is 15.4. The van der Waals surface area contributed by atoms with Crippen LogP contribution in [0.3, 0.4) is 0 Å². The first kappa shape index (κ1) is 25.4. The van der Waals surface area contributed by atoms with Gasteiger partial charge in [-0.2, -0.15) is 0 Å². The van der Waals surface area contributed by atoms with Crippen molar-refractivity contribution in [1.29, 1.82) is 0 Å². The Balaban J connectivity index is 1.59. The molecule has 1 aliphatic carbocycles. The maximum Gasteiger partial charge on any atom is 0.0543 e. The van der Waals surface area contributed by atoms with E-state index in [0.29, 0.717) is 0 Å². The normalized spacial score (nSPS) is 13.2. The number of aryl methyl sites for hydroxylation is 3. The summed E-state index contributed by atoms with van der Waals surface area (Å²) in [5, 5.41) is 2.57. The highest BCUT2D eigenvalue weighted by Crippen LogP contribution is 2.55. The lowest BCUT2D eigenvalue weighted by Gasteiger charge is -2.32. The van der Waals surface area contributed by atoms with Crippen LogP contribution in [-0.2, 0) is 5.41 Å². The van der Waals surface area contributed by atoms with E-state index in [4.69, 9.17) is 0 Å². The van der Waals surface area contributed by atoms with E-state index in [1.54, 1.807) is 0 Å². The molecule has 0 saturated carbocycles. The highest BCUT2D eigenvalue weighted by molar-refractivity contribution is 6.10. The van der Waals surface area contributed by atoms with Crippen molar-refractivity contribution in [2.75, 3.05) is 4.90 Å². The van der Waals surface area contributed by atoms with Crippen LogP contribution in [0.2, 0.25) is 0 Å². The first-order valence-electron chi connectivity index (χ1n) is 14.5. The minimum Gasteiger partial charge on any atom is -0.309 e. The van der Waals surface area contributed by atoms with E-state index < -0.39 is 0 Å². The SMILES string of the molecule is Cc1ccc2c(c1)C(C)(C)c1cc(N(c3ccccc3)c3cccc(C)c3-c3ccccc3C)c3ccccc3c1-2. The number of fused-ring (bicyclic) bond motifs is 5. The topological polar surface area (TPSA) is 3.24 Å². The molecule has 0 heterocycles. The van der Waals surface area contributed by atoms with Gasteiger partial charge in [0.15, 0.2) is 0 Å². The molecular weight excluding hydrogens is 494 g/mol. The average molecular weight is 530 g/mol. The van der Waals surface area contributed by atoms with Crippen molar-refractivity contribution in [3.63, 3.8) is 0 Å². The van der Waals surface area contributed by atoms with Crippen LogP contribution >= 0.6 is 0 Å². The van der Waals surface area contributed by atoms with E-state index in [1.165, 1.54) is 72.2 Å². The minimum atomic E-state index is -0.108. The fraction of sp³-hybridized carbons (Fsp3) is 0.150. The van der Waals surface area contributed by atoms with E-state index in [1.807, 2.05) is 0 Å². The van der Waals surface area contributed by atoms with Gasteiger partial charge in [-0.15, -0.1) is 0 Å². The van der Waals surface area contributed by atoms with Gasteiger partial charge >= 0.3 is 0 Å². The number of benzene rings is 6. The lowest BCUT2D eigenvalue weighted by atomic mass is 9.81. The van der Waals surface area contributed by atoms with Crippen LogP contribution in [0.15, 0.2) is 121 Å². The minimum absolute atomic E-state index is 0.108. The molecule has 0 bridgehead atoms. The number of rotatable bonds is 4. The largest absolute Gasteiger partial charge is 0.309 e. The van der Waals surface area contributed by atoms with Gasteiger partial charge in [0.25, 0.3) is 0 Å². The summed E-state index contributed by atoms with van der Waals surface area (Å²) in [6.45, 7) is 11.4. The third-order valence-corrected chi connectivity index (χ3v) is 8.98. The van der Waals surface area contributed by atoms with E-state index in [-0.39, 0.29) is 5.41 Å². The summed E-state index contributed by atoms with van der Waals surface area (Å²) >= 11 is 0. The van der Waals surface area contributed by atoms with Crippen LogP contribution in [0.5, 0.6) is 0 Å². The Morgan fingerprint density at radius 3 is 1.95 bits per heavy atom. The molecule has 1 heteroatoms.